The standard InChI is InChI=1S/C31H27F3N6O4S/c1-17(2)23-13-4-18(3)14-24(23)26-25(41)15-45-29(26)38-30(43)37-20-7-5-19(6-8-20)36-28(42)27-35-16-40(39-27)21-9-11-22(12-10-21)44-31(32,33)34/h4-14,16-17,26H,15H2,1-3H3,(H,36,42)(H,37,43)/b38-29-. The molecule has 2 N–H and O–H groups in total. The molecule has 0 spiro atoms. The first-order valence-corrected chi connectivity index (χ1v) is 14.7. The molecular formula is C31H27F3N6O4S. The average molecular weight is 637 g/mol. The molecule has 0 aliphatic carbocycles. The van der Waals surface area contributed by atoms with Crippen LogP contribution in [0.25, 0.3) is 5.69 Å². The van der Waals surface area contributed by atoms with Crippen molar-refractivity contribution < 1.29 is 32.3 Å². The molecule has 14 heteroatoms. The summed E-state index contributed by atoms with van der Waals surface area (Å²) >= 11 is 1.26. The number of aryl methyl sites for hydroxylation is 1. The second-order valence-electron chi connectivity index (χ2n) is 10.4. The molecule has 1 atom stereocenters. The Kier molecular flexibility index (Phi) is 9.04. The highest BCUT2D eigenvalue weighted by molar-refractivity contribution is 8.15. The van der Waals surface area contributed by atoms with Gasteiger partial charge in [0.1, 0.15) is 12.1 Å². The maximum absolute atomic E-state index is 12.8. The van der Waals surface area contributed by atoms with Crippen LogP contribution in [-0.2, 0) is 4.79 Å². The molecule has 2 heterocycles. The number of halogens is 3. The number of carbonyl (C=O) groups is 3. The molecule has 3 amide bonds. The van der Waals surface area contributed by atoms with Crippen molar-refractivity contribution in [1.29, 1.82) is 0 Å². The van der Waals surface area contributed by atoms with Crippen LogP contribution >= 0.6 is 11.8 Å². The minimum atomic E-state index is -4.81. The van der Waals surface area contributed by atoms with Crippen LogP contribution in [0.1, 0.15) is 53.0 Å². The molecule has 0 bridgehead atoms. The number of aliphatic imine (C=N–C) groups is 1. The Morgan fingerprint density at radius 1 is 1.02 bits per heavy atom. The van der Waals surface area contributed by atoms with Gasteiger partial charge in [-0.3, -0.25) is 9.59 Å². The zero-order chi connectivity index (χ0) is 32.3. The van der Waals surface area contributed by atoms with Gasteiger partial charge >= 0.3 is 12.4 Å². The fraction of sp³-hybridized carbons (Fsp3) is 0.226. The first kappa shape index (κ1) is 31.4. The van der Waals surface area contributed by atoms with E-state index in [1.807, 2.05) is 25.1 Å². The topological polar surface area (TPSA) is 128 Å². The SMILES string of the molecule is Cc1ccc(C(C)C)c(C2C(=O)CS/C2=N\C(=O)Nc2ccc(NC(=O)c3ncn(-c4ccc(OC(F)(F)F)cc4)n3)cc2)c1. The van der Waals surface area contributed by atoms with E-state index in [0.29, 0.717) is 22.1 Å². The number of Topliss-reactive ketones (excluding diaryl/α,β-unsaturated/α-hetero) is 1. The zero-order valence-electron chi connectivity index (χ0n) is 24.3. The smallest absolute Gasteiger partial charge is 0.406 e. The second kappa shape index (κ2) is 12.9. The van der Waals surface area contributed by atoms with E-state index in [-0.39, 0.29) is 23.3 Å². The molecule has 3 aromatic carbocycles. The number of amides is 3. The van der Waals surface area contributed by atoms with Gasteiger partial charge in [-0.05, 0) is 72.5 Å². The number of ether oxygens (including phenoxy) is 1. The normalized spacial score (nSPS) is 15.8. The number of carbonyl (C=O) groups excluding carboxylic acids is 3. The molecular weight excluding hydrogens is 609 g/mol. The fourth-order valence-electron chi connectivity index (χ4n) is 4.69. The number of aromatic nitrogens is 3. The molecule has 45 heavy (non-hydrogen) atoms. The van der Waals surface area contributed by atoms with Crippen molar-refractivity contribution >= 4 is 45.9 Å². The van der Waals surface area contributed by atoms with Crippen molar-refractivity contribution in [1.82, 2.24) is 14.8 Å². The van der Waals surface area contributed by atoms with Gasteiger partial charge in [0.25, 0.3) is 5.91 Å². The molecule has 4 aromatic rings. The number of anilines is 2. The lowest BCUT2D eigenvalue weighted by molar-refractivity contribution is -0.274. The Morgan fingerprint density at radius 3 is 2.33 bits per heavy atom. The Bertz CT molecular complexity index is 1770. The third-order valence-electron chi connectivity index (χ3n) is 6.74. The van der Waals surface area contributed by atoms with Gasteiger partial charge in [0.15, 0.2) is 5.78 Å². The quantitative estimate of drug-likeness (QED) is 0.226. The monoisotopic (exact) mass is 636 g/mol. The molecule has 10 nitrogen and oxygen atoms in total. The maximum atomic E-state index is 12.8. The van der Waals surface area contributed by atoms with Crippen molar-refractivity contribution in [2.75, 3.05) is 16.4 Å². The van der Waals surface area contributed by atoms with Crippen LogP contribution in [0.15, 0.2) is 78.0 Å². The first-order valence-electron chi connectivity index (χ1n) is 13.7. The number of thioether (sulfide) groups is 1. The van der Waals surface area contributed by atoms with Gasteiger partial charge in [-0.25, -0.2) is 14.5 Å². The number of urea groups is 1. The van der Waals surface area contributed by atoms with Crippen molar-refractivity contribution in [3.05, 3.63) is 95.6 Å². The van der Waals surface area contributed by atoms with Crippen molar-refractivity contribution in [3.8, 4) is 11.4 Å². The number of nitrogens with zero attached hydrogens (tertiary/aromatic N) is 4. The highest BCUT2D eigenvalue weighted by Gasteiger charge is 2.36. The van der Waals surface area contributed by atoms with Gasteiger partial charge in [-0.2, -0.15) is 4.99 Å². The van der Waals surface area contributed by atoms with E-state index >= 15 is 0 Å². The minimum Gasteiger partial charge on any atom is -0.406 e. The lowest BCUT2D eigenvalue weighted by Gasteiger charge is -2.18. The highest BCUT2D eigenvalue weighted by atomic mass is 32.2. The van der Waals surface area contributed by atoms with E-state index in [0.717, 1.165) is 28.8 Å². The maximum Gasteiger partial charge on any atom is 0.573 e. The molecule has 5 rings (SSSR count). The van der Waals surface area contributed by atoms with E-state index in [4.69, 9.17) is 0 Å². The van der Waals surface area contributed by atoms with E-state index in [1.54, 1.807) is 24.3 Å². The third kappa shape index (κ3) is 7.76. The molecule has 1 aromatic heterocycles. The number of hydrogen-bond acceptors (Lipinski definition) is 7. The molecule has 1 aliphatic rings. The first-order chi connectivity index (χ1) is 21.4. The molecule has 1 aliphatic heterocycles. The van der Waals surface area contributed by atoms with Crippen LogP contribution < -0.4 is 15.4 Å². The molecule has 1 unspecified atom stereocenters. The van der Waals surface area contributed by atoms with Crippen LogP contribution in [0.5, 0.6) is 5.75 Å². The summed E-state index contributed by atoms with van der Waals surface area (Å²) < 4.78 is 42.2. The van der Waals surface area contributed by atoms with Crippen molar-refractivity contribution in [3.63, 3.8) is 0 Å². The van der Waals surface area contributed by atoms with Gasteiger partial charge in [0, 0.05) is 11.4 Å². The summed E-state index contributed by atoms with van der Waals surface area (Å²) in [6.07, 6.45) is -3.56. The average Bonchev–Trinajstić information content (AvgIpc) is 3.60. The van der Waals surface area contributed by atoms with Crippen LogP contribution in [0.2, 0.25) is 0 Å². The largest absolute Gasteiger partial charge is 0.573 e. The summed E-state index contributed by atoms with van der Waals surface area (Å²) in [7, 11) is 0. The number of ketones is 1. The van der Waals surface area contributed by atoms with Gasteiger partial charge < -0.3 is 15.4 Å². The number of rotatable bonds is 7. The fourth-order valence-corrected chi connectivity index (χ4v) is 5.72. The molecule has 0 saturated carbocycles. The minimum absolute atomic E-state index is 0.00639. The molecule has 232 valence electrons. The summed E-state index contributed by atoms with van der Waals surface area (Å²) in [5, 5.41) is 9.86. The predicted molar refractivity (Wildman–Crippen MR) is 164 cm³/mol. The highest BCUT2D eigenvalue weighted by Crippen LogP contribution is 2.37. The van der Waals surface area contributed by atoms with E-state index < -0.39 is 30.0 Å². The number of hydrogen-bond donors (Lipinski definition) is 2. The van der Waals surface area contributed by atoms with E-state index in [9.17, 15) is 27.6 Å². The summed E-state index contributed by atoms with van der Waals surface area (Å²) in [5.41, 5.74) is 4.12. The van der Waals surface area contributed by atoms with Crippen LogP contribution in [0, 0.1) is 6.92 Å². The van der Waals surface area contributed by atoms with Crippen LogP contribution in [0.4, 0.5) is 29.3 Å². The zero-order valence-corrected chi connectivity index (χ0v) is 25.1. The Balaban J connectivity index is 1.21. The van der Waals surface area contributed by atoms with Crippen molar-refractivity contribution in [2.45, 2.75) is 39.0 Å². The van der Waals surface area contributed by atoms with Gasteiger partial charge in [-0.15, -0.1) is 30.0 Å². The molecule has 1 saturated heterocycles. The third-order valence-corrected chi connectivity index (χ3v) is 7.79. The van der Waals surface area contributed by atoms with Crippen LogP contribution in [0.3, 0.4) is 0 Å². The van der Waals surface area contributed by atoms with Gasteiger partial charge in [0.05, 0.1) is 22.4 Å². The van der Waals surface area contributed by atoms with Gasteiger partial charge in [0.2, 0.25) is 5.82 Å². The lowest BCUT2D eigenvalue weighted by atomic mass is 9.86. The predicted octanol–water partition coefficient (Wildman–Crippen LogP) is 6.88. The number of alkyl halides is 3. The Labute approximate surface area is 260 Å². The van der Waals surface area contributed by atoms with Gasteiger partial charge in [-0.1, -0.05) is 37.6 Å². The summed E-state index contributed by atoms with van der Waals surface area (Å²) in [6.45, 7) is 6.08. The number of benzene rings is 3. The van der Waals surface area contributed by atoms with Crippen molar-refractivity contribution in [2.24, 2.45) is 4.99 Å². The lowest BCUT2D eigenvalue weighted by Crippen LogP contribution is -2.18. The Morgan fingerprint density at radius 2 is 1.69 bits per heavy atom. The second-order valence-corrected chi connectivity index (χ2v) is 11.4. The van der Waals surface area contributed by atoms with E-state index in [1.165, 1.54) is 34.9 Å². The Hall–Kier alpha value is -4.98. The number of nitrogens with one attached hydrogen (secondary N) is 2. The van der Waals surface area contributed by atoms with Crippen LogP contribution in [-0.4, -0.2) is 49.6 Å². The molecule has 0 radical (unpaired) electrons. The summed E-state index contributed by atoms with van der Waals surface area (Å²) in [6, 6.07) is 16.6. The summed E-state index contributed by atoms with van der Waals surface area (Å²) in [4.78, 5) is 46.5. The van der Waals surface area contributed by atoms with E-state index in [2.05, 4.69) is 44.3 Å². The summed E-state index contributed by atoms with van der Waals surface area (Å²) in [5.74, 6) is -1.33. The molecule has 1 fully saturated rings.